The van der Waals surface area contributed by atoms with Crippen molar-refractivity contribution in [3.05, 3.63) is 58.7 Å². The number of hydrogen-bond acceptors (Lipinski definition) is 4. The lowest BCUT2D eigenvalue weighted by Gasteiger charge is -2.13. The molecule has 0 aliphatic carbocycles. The molecule has 0 atom stereocenters. The molecule has 0 fully saturated rings. The minimum atomic E-state index is -0.339. The molecule has 0 bridgehead atoms. The van der Waals surface area contributed by atoms with Crippen molar-refractivity contribution in [3.8, 4) is 17.2 Å². The van der Waals surface area contributed by atoms with E-state index in [1.807, 2.05) is 6.92 Å². The summed E-state index contributed by atoms with van der Waals surface area (Å²) < 4.78 is 5.25. The summed E-state index contributed by atoms with van der Waals surface area (Å²) >= 11 is 0. The molecule has 2 aromatic carbocycles. The number of aryl methyl sites for hydroxylation is 2. The Labute approximate surface area is 129 Å². The summed E-state index contributed by atoms with van der Waals surface area (Å²) in [5.74, 6) is 0.137. The van der Waals surface area contributed by atoms with Crippen LogP contribution in [0.5, 0.6) is 17.2 Å². The molecular weight excluding hydrogens is 280 g/mol. The predicted octanol–water partition coefficient (Wildman–Crippen LogP) is 3.62. The average molecular weight is 298 g/mol. The first-order valence-electron chi connectivity index (χ1n) is 6.82. The summed E-state index contributed by atoms with van der Waals surface area (Å²) in [6.45, 7) is 3.56. The molecule has 4 heteroatoms. The van der Waals surface area contributed by atoms with E-state index in [2.05, 4.69) is 0 Å². The molecule has 0 spiro atoms. The molecule has 4 nitrogen and oxygen atoms in total. The van der Waals surface area contributed by atoms with Crippen molar-refractivity contribution in [2.45, 2.75) is 13.8 Å². The maximum absolute atomic E-state index is 12.4. The number of phenols is 2. The first kappa shape index (κ1) is 15.6. The van der Waals surface area contributed by atoms with Gasteiger partial charge in [0.05, 0.1) is 7.11 Å². The van der Waals surface area contributed by atoms with E-state index < -0.39 is 0 Å². The van der Waals surface area contributed by atoms with Crippen molar-refractivity contribution in [2.75, 3.05) is 7.11 Å². The van der Waals surface area contributed by atoms with Crippen LogP contribution in [0, 0.1) is 13.8 Å². The smallest absolute Gasteiger partial charge is 0.193 e. The second-order valence-electron chi connectivity index (χ2n) is 5.06. The Morgan fingerprint density at radius 1 is 1.09 bits per heavy atom. The normalized spacial score (nSPS) is 10.9. The van der Waals surface area contributed by atoms with Gasteiger partial charge < -0.3 is 14.9 Å². The number of methoxy groups -OCH3 is 1. The zero-order valence-corrected chi connectivity index (χ0v) is 12.8. The van der Waals surface area contributed by atoms with Gasteiger partial charge in [-0.3, -0.25) is 4.79 Å². The summed E-state index contributed by atoms with van der Waals surface area (Å²) in [6, 6.07) is 8.24. The Balaban J connectivity index is 2.39. The topological polar surface area (TPSA) is 66.8 Å². The van der Waals surface area contributed by atoms with Gasteiger partial charge >= 0.3 is 0 Å². The molecule has 114 valence electrons. The SMILES string of the molecule is COc1c(C)cc(C)c(O)c1C(=O)/C=C/c1ccc(O)cc1. The van der Waals surface area contributed by atoms with Gasteiger partial charge in [0.1, 0.15) is 22.8 Å². The Morgan fingerprint density at radius 3 is 2.32 bits per heavy atom. The highest BCUT2D eigenvalue weighted by molar-refractivity contribution is 6.11. The number of carbonyl (C=O) groups is 1. The highest BCUT2D eigenvalue weighted by atomic mass is 16.5. The van der Waals surface area contributed by atoms with Crippen molar-refractivity contribution >= 4 is 11.9 Å². The van der Waals surface area contributed by atoms with Crippen molar-refractivity contribution in [2.24, 2.45) is 0 Å². The highest BCUT2D eigenvalue weighted by Gasteiger charge is 2.19. The number of hydrogen-bond donors (Lipinski definition) is 2. The van der Waals surface area contributed by atoms with Crippen molar-refractivity contribution in [1.82, 2.24) is 0 Å². The third kappa shape index (κ3) is 3.11. The van der Waals surface area contributed by atoms with E-state index >= 15 is 0 Å². The van der Waals surface area contributed by atoms with Crippen LogP contribution in [-0.2, 0) is 0 Å². The Hall–Kier alpha value is -2.75. The lowest BCUT2D eigenvalue weighted by Crippen LogP contribution is -2.03. The van der Waals surface area contributed by atoms with Crippen molar-refractivity contribution in [1.29, 1.82) is 0 Å². The molecule has 0 radical (unpaired) electrons. The second-order valence-corrected chi connectivity index (χ2v) is 5.06. The molecular formula is C18H18O4. The lowest BCUT2D eigenvalue weighted by atomic mass is 10.00. The number of rotatable bonds is 4. The molecule has 0 saturated heterocycles. The fourth-order valence-corrected chi connectivity index (χ4v) is 2.29. The number of carbonyl (C=O) groups excluding carboxylic acids is 1. The van der Waals surface area contributed by atoms with Crippen LogP contribution in [0.25, 0.3) is 6.08 Å². The summed E-state index contributed by atoms with van der Waals surface area (Å²) in [6.07, 6.45) is 3.00. The molecule has 0 aromatic heterocycles. The van der Waals surface area contributed by atoms with Gasteiger partial charge in [-0.2, -0.15) is 0 Å². The monoisotopic (exact) mass is 298 g/mol. The highest BCUT2D eigenvalue weighted by Crippen LogP contribution is 2.34. The molecule has 0 saturated carbocycles. The fraction of sp³-hybridized carbons (Fsp3) is 0.167. The number of phenolic OH excluding ortho intramolecular Hbond substituents is 2. The van der Waals surface area contributed by atoms with E-state index in [-0.39, 0.29) is 22.8 Å². The first-order valence-corrected chi connectivity index (χ1v) is 6.82. The molecule has 0 heterocycles. The Bertz CT molecular complexity index is 728. The van der Waals surface area contributed by atoms with Crippen LogP contribution >= 0.6 is 0 Å². The van der Waals surface area contributed by atoms with Crippen LogP contribution in [0.2, 0.25) is 0 Å². The van der Waals surface area contributed by atoms with Gasteiger partial charge in [-0.25, -0.2) is 0 Å². The lowest BCUT2D eigenvalue weighted by molar-refractivity contribution is 0.104. The van der Waals surface area contributed by atoms with Crippen molar-refractivity contribution < 1.29 is 19.7 Å². The van der Waals surface area contributed by atoms with E-state index in [0.717, 1.165) is 11.1 Å². The Kier molecular flexibility index (Phi) is 4.51. The van der Waals surface area contributed by atoms with Crippen LogP contribution in [0.4, 0.5) is 0 Å². The summed E-state index contributed by atoms with van der Waals surface area (Å²) in [5, 5.41) is 19.4. The van der Waals surface area contributed by atoms with E-state index in [1.54, 1.807) is 43.3 Å². The van der Waals surface area contributed by atoms with Gasteiger partial charge in [-0.1, -0.05) is 18.2 Å². The molecule has 2 N–H and O–H groups in total. The third-order valence-electron chi connectivity index (χ3n) is 3.40. The van der Waals surface area contributed by atoms with Crippen LogP contribution in [0.15, 0.2) is 36.4 Å². The number of ketones is 1. The fourth-order valence-electron chi connectivity index (χ4n) is 2.29. The van der Waals surface area contributed by atoms with Gasteiger partial charge in [0, 0.05) is 0 Å². The standard InChI is InChI=1S/C18H18O4/c1-11-10-12(2)18(22-3)16(17(11)21)15(20)9-6-13-4-7-14(19)8-5-13/h4-10,19,21H,1-3H3/b9-6+. The van der Waals surface area contributed by atoms with Gasteiger partial charge in [-0.15, -0.1) is 0 Å². The maximum Gasteiger partial charge on any atom is 0.193 e. The number of aromatic hydroxyl groups is 2. The van der Waals surface area contributed by atoms with Gasteiger partial charge in [0.15, 0.2) is 5.78 Å². The van der Waals surface area contributed by atoms with Crippen LogP contribution < -0.4 is 4.74 Å². The molecule has 2 rings (SSSR count). The van der Waals surface area contributed by atoms with Crippen LogP contribution in [0.3, 0.4) is 0 Å². The quantitative estimate of drug-likeness (QED) is 0.668. The van der Waals surface area contributed by atoms with Gasteiger partial charge in [0.2, 0.25) is 0 Å². The predicted molar refractivity (Wildman–Crippen MR) is 85.6 cm³/mol. The molecule has 0 unspecified atom stereocenters. The van der Waals surface area contributed by atoms with E-state index in [9.17, 15) is 15.0 Å². The molecule has 0 aliphatic rings. The van der Waals surface area contributed by atoms with Crippen molar-refractivity contribution in [3.63, 3.8) is 0 Å². The summed E-state index contributed by atoms with van der Waals surface area (Å²) in [4.78, 5) is 12.4. The largest absolute Gasteiger partial charge is 0.508 e. The zero-order valence-electron chi connectivity index (χ0n) is 12.8. The minimum absolute atomic E-state index is 0.0668. The minimum Gasteiger partial charge on any atom is -0.508 e. The number of allylic oxidation sites excluding steroid dienone is 1. The second kappa shape index (κ2) is 6.35. The summed E-state index contributed by atoms with van der Waals surface area (Å²) in [5.41, 5.74) is 2.35. The van der Waals surface area contributed by atoms with E-state index in [0.29, 0.717) is 11.3 Å². The zero-order chi connectivity index (χ0) is 16.3. The van der Waals surface area contributed by atoms with Crippen LogP contribution in [0.1, 0.15) is 27.0 Å². The number of benzene rings is 2. The van der Waals surface area contributed by atoms with Gasteiger partial charge in [0.25, 0.3) is 0 Å². The Morgan fingerprint density at radius 2 is 1.73 bits per heavy atom. The first-order chi connectivity index (χ1) is 10.4. The van der Waals surface area contributed by atoms with Gasteiger partial charge in [-0.05, 0) is 54.8 Å². The van der Waals surface area contributed by atoms with E-state index in [1.165, 1.54) is 13.2 Å². The maximum atomic E-state index is 12.4. The molecule has 2 aromatic rings. The van der Waals surface area contributed by atoms with Crippen LogP contribution in [-0.4, -0.2) is 23.1 Å². The third-order valence-corrected chi connectivity index (χ3v) is 3.40. The number of ether oxygens (including phenoxy) is 1. The molecule has 0 amide bonds. The van der Waals surface area contributed by atoms with E-state index in [4.69, 9.17) is 4.74 Å². The average Bonchev–Trinajstić information content (AvgIpc) is 2.49. The summed E-state index contributed by atoms with van der Waals surface area (Å²) in [7, 11) is 1.47. The molecule has 0 aliphatic heterocycles. The molecule has 22 heavy (non-hydrogen) atoms.